The lowest BCUT2D eigenvalue weighted by molar-refractivity contribution is 0.754. The van der Waals surface area contributed by atoms with Gasteiger partial charge in [0.2, 0.25) is 0 Å². The van der Waals surface area contributed by atoms with Gasteiger partial charge >= 0.3 is 0 Å². The number of halogens is 1. The highest BCUT2D eigenvalue weighted by Gasteiger charge is 2.33. The maximum atomic E-state index is 4.64. The standard InChI is InChI=1S/C16H25N3.HI/c1-3-17-16(19-15-12-13(15)2)18-11-7-10-14-8-5-4-6-9-14;/h4-6,8-9,13,15H,3,7,10-12H2,1-2H3,(H2,17,18,19);1H. The SMILES string of the molecule is CCNC(=NCCCc1ccccc1)NC1CC1C.I. The molecule has 0 amide bonds. The predicted molar refractivity (Wildman–Crippen MR) is 96.9 cm³/mol. The zero-order chi connectivity index (χ0) is 13.5. The summed E-state index contributed by atoms with van der Waals surface area (Å²) < 4.78 is 0. The molecule has 1 aromatic carbocycles. The van der Waals surface area contributed by atoms with Gasteiger partial charge in [-0.15, -0.1) is 24.0 Å². The van der Waals surface area contributed by atoms with Crippen molar-refractivity contribution in [2.24, 2.45) is 10.9 Å². The minimum atomic E-state index is 0. The van der Waals surface area contributed by atoms with Crippen LogP contribution in [0.25, 0.3) is 0 Å². The monoisotopic (exact) mass is 387 g/mol. The Morgan fingerprint density at radius 3 is 2.60 bits per heavy atom. The molecule has 4 heteroatoms. The Morgan fingerprint density at radius 1 is 1.30 bits per heavy atom. The van der Waals surface area contributed by atoms with Crippen LogP contribution < -0.4 is 10.6 Å². The fourth-order valence-electron chi connectivity index (χ4n) is 2.14. The first-order valence-corrected chi connectivity index (χ1v) is 7.38. The van der Waals surface area contributed by atoms with E-state index in [1.165, 1.54) is 12.0 Å². The van der Waals surface area contributed by atoms with Crippen molar-refractivity contribution in [3.8, 4) is 0 Å². The normalized spacial score (nSPS) is 21.0. The summed E-state index contributed by atoms with van der Waals surface area (Å²) in [7, 11) is 0. The van der Waals surface area contributed by atoms with Crippen LogP contribution in [-0.4, -0.2) is 25.1 Å². The van der Waals surface area contributed by atoms with Gasteiger partial charge in [0.1, 0.15) is 0 Å². The number of nitrogens with zero attached hydrogens (tertiary/aromatic N) is 1. The minimum absolute atomic E-state index is 0. The number of guanidine groups is 1. The molecule has 2 N–H and O–H groups in total. The number of hydrogen-bond donors (Lipinski definition) is 2. The number of aryl methyl sites for hydroxylation is 1. The molecule has 2 rings (SSSR count). The van der Waals surface area contributed by atoms with Crippen molar-refractivity contribution in [3.05, 3.63) is 35.9 Å². The molecule has 0 spiro atoms. The van der Waals surface area contributed by atoms with Gasteiger partial charge in [-0.25, -0.2) is 0 Å². The zero-order valence-electron chi connectivity index (χ0n) is 12.4. The maximum absolute atomic E-state index is 4.64. The van der Waals surface area contributed by atoms with E-state index in [-0.39, 0.29) is 24.0 Å². The Hall–Kier alpha value is -0.780. The van der Waals surface area contributed by atoms with Crippen LogP contribution in [0.5, 0.6) is 0 Å². The third-order valence-electron chi connectivity index (χ3n) is 3.51. The average molecular weight is 387 g/mol. The molecule has 20 heavy (non-hydrogen) atoms. The second-order valence-corrected chi connectivity index (χ2v) is 5.31. The van der Waals surface area contributed by atoms with Crippen molar-refractivity contribution in [2.75, 3.05) is 13.1 Å². The van der Waals surface area contributed by atoms with Gasteiger partial charge in [0.25, 0.3) is 0 Å². The van der Waals surface area contributed by atoms with Crippen LogP contribution in [0.3, 0.4) is 0 Å². The van der Waals surface area contributed by atoms with Crippen molar-refractivity contribution in [2.45, 2.75) is 39.2 Å². The van der Waals surface area contributed by atoms with Gasteiger partial charge in [-0.1, -0.05) is 37.3 Å². The van der Waals surface area contributed by atoms with E-state index in [0.29, 0.717) is 6.04 Å². The van der Waals surface area contributed by atoms with Gasteiger partial charge in [-0.2, -0.15) is 0 Å². The molecule has 0 radical (unpaired) electrons. The van der Waals surface area contributed by atoms with Gasteiger partial charge in [0.15, 0.2) is 5.96 Å². The van der Waals surface area contributed by atoms with Gasteiger partial charge in [-0.3, -0.25) is 4.99 Å². The molecule has 0 bridgehead atoms. The molecule has 2 unspecified atom stereocenters. The highest BCUT2D eigenvalue weighted by molar-refractivity contribution is 14.0. The molecule has 112 valence electrons. The third-order valence-corrected chi connectivity index (χ3v) is 3.51. The molecule has 0 aromatic heterocycles. The van der Waals surface area contributed by atoms with Gasteiger partial charge < -0.3 is 10.6 Å². The molecule has 1 aromatic rings. The van der Waals surface area contributed by atoms with Crippen LogP contribution in [-0.2, 0) is 6.42 Å². The fourth-order valence-corrected chi connectivity index (χ4v) is 2.14. The van der Waals surface area contributed by atoms with Gasteiger partial charge in [0.05, 0.1) is 0 Å². The highest BCUT2D eigenvalue weighted by Crippen LogP contribution is 2.28. The number of rotatable bonds is 6. The summed E-state index contributed by atoms with van der Waals surface area (Å²) in [5.74, 6) is 1.78. The first-order valence-electron chi connectivity index (χ1n) is 7.38. The van der Waals surface area contributed by atoms with E-state index in [0.717, 1.165) is 37.8 Å². The highest BCUT2D eigenvalue weighted by atomic mass is 127. The maximum Gasteiger partial charge on any atom is 0.191 e. The molecule has 0 aliphatic heterocycles. The van der Waals surface area contributed by atoms with Crippen LogP contribution in [0.2, 0.25) is 0 Å². The smallest absolute Gasteiger partial charge is 0.191 e. The third kappa shape index (κ3) is 6.11. The Bertz CT molecular complexity index is 405. The average Bonchev–Trinajstić information content (AvgIpc) is 3.11. The molecule has 1 saturated carbocycles. The van der Waals surface area contributed by atoms with E-state index in [4.69, 9.17) is 0 Å². The molecular formula is C16H26IN3. The molecule has 2 atom stereocenters. The molecule has 1 fully saturated rings. The Labute approximate surface area is 139 Å². The van der Waals surface area contributed by atoms with Crippen LogP contribution in [0.4, 0.5) is 0 Å². The number of hydrogen-bond acceptors (Lipinski definition) is 1. The number of aliphatic imine (C=N–C) groups is 1. The van der Waals surface area contributed by atoms with E-state index in [1.807, 2.05) is 0 Å². The second kappa shape index (κ2) is 9.21. The first kappa shape index (κ1) is 17.3. The minimum Gasteiger partial charge on any atom is -0.357 e. The van der Waals surface area contributed by atoms with Crippen LogP contribution >= 0.6 is 24.0 Å². The summed E-state index contributed by atoms with van der Waals surface area (Å²) in [5.41, 5.74) is 1.39. The van der Waals surface area contributed by atoms with Crippen LogP contribution in [0, 0.1) is 5.92 Å². The Morgan fingerprint density at radius 2 is 2.00 bits per heavy atom. The summed E-state index contributed by atoms with van der Waals surface area (Å²) in [6.07, 6.45) is 3.47. The van der Waals surface area contributed by atoms with Crippen molar-refractivity contribution >= 4 is 29.9 Å². The van der Waals surface area contributed by atoms with Crippen molar-refractivity contribution in [1.29, 1.82) is 0 Å². The topological polar surface area (TPSA) is 36.4 Å². The predicted octanol–water partition coefficient (Wildman–Crippen LogP) is 3.20. The van der Waals surface area contributed by atoms with E-state index < -0.39 is 0 Å². The van der Waals surface area contributed by atoms with Crippen molar-refractivity contribution in [1.82, 2.24) is 10.6 Å². The number of benzene rings is 1. The van der Waals surface area contributed by atoms with E-state index in [9.17, 15) is 0 Å². The summed E-state index contributed by atoms with van der Waals surface area (Å²) in [6, 6.07) is 11.2. The number of nitrogens with one attached hydrogen (secondary N) is 2. The van der Waals surface area contributed by atoms with Crippen molar-refractivity contribution in [3.63, 3.8) is 0 Å². The Kier molecular flexibility index (Phi) is 7.95. The Balaban J connectivity index is 0.00000200. The van der Waals surface area contributed by atoms with Crippen LogP contribution in [0.1, 0.15) is 32.3 Å². The van der Waals surface area contributed by atoms with Crippen LogP contribution in [0.15, 0.2) is 35.3 Å². The zero-order valence-corrected chi connectivity index (χ0v) is 14.8. The lowest BCUT2D eigenvalue weighted by Gasteiger charge is -2.10. The van der Waals surface area contributed by atoms with Gasteiger partial charge in [-0.05, 0) is 37.7 Å². The summed E-state index contributed by atoms with van der Waals surface area (Å²) in [5, 5.41) is 6.79. The van der Waals surface area contributed by atoms with E-state index in [1.54, 1.807) is 0 Å². The summed E-state index contributed by atoms with van der Waals surface area (Å²) in [6.45, 7) is 6.19. The first-order chi connectivity index (χ1) is 9.29. The molecular weight excluding hydrogens is 361 g/mol. The second-order valence-electron chi connectivity index (χ2n) is 5.31. The quantitative estimate of drug-likeness (QED) is 0.341. The van der Waals surface area contributed by atoms with E-state index >= 15 is 0 Å². The lowest BCUT2D eigenvalue weighted by Crippen LogP contribution is -2.39. The molecule has 0 saturated heterocycles. The fraction of sp³-hybridized carbons (Fsp3) is 0.562. The molecule has 1 aliphatic rings. The van der Waals surface area contributed by atoms with E-state index in [2.05, 4.69) is 59.8 Å². The molecule has 1 aliphatic carbocycles. The lowest BCUT2D eigenvalue weighted by atomic mass is 10.1. The summed E-state index contributed by atoms with van der Waals surface area (Å²) >= 11 is 0. The van der Waals surface area contributed by atoms with Crippen molar-refractivity contribution < 1.29 is 0 Å². The summed E-state index contributed by atoms with van der Waals surface area (Å²) in [4.78, 5) is 4.64. The molecule has 0 heterocycles. The van der Waals surface area contributed by atoms with Gasteiger partial charge in [0, 0.05) is 19.1 Å². The largest absolute Gasteiger partial charge is 0.357 e. The molecule has 3 nitrogen and oxygen atoms in total.